The standard InChI is InChI=1S/C21H27N3OS/c1-15-5-7-18(8-6-15)21(25)9-3-4-17-13-24(14-19(17)21)12-16-10-22-20(26-2)23-11-16/h5-8,10-11,17,19,25H,3-4,9,12-14H2,1-2H3/t17-,19+,21+/m1/s1. The average molecular weight is 370 g/mol. The maximum atomic E-state index is 11.6. The van der Waals surface area contributed by atoms with Crippen molar-refractivity contribution < 1.29 is 5.11 Å². The molecule has 5 heteroatoms. The molecule has 1 aromatic carbocycles. The first-order valence-electron chi connectivity index (χ1n) is 9.45. The van der Waals surface area contributed by atoms with Gasteiger partial charge in [-0.15, -0.1) is 0 Å². The molecule has 1 aliphatic carbocycles. The molecule has 3 atom stereocenters. The molecule has 0 radical (unpaired) electrons. The SMILES string of the molecule is CSc1ncc(CN2C[C@H]3CCC[C@](O)(c4ccc(C)cc4)[C@H]3C2)cn1. The van der Waals surface area contributed by atoms with E-state index in [4.69, 9.17) is 0 Å². The van der Waals surface area contributed by atoms with E-state index in [1.165, 1.54) is 12.0 Å². The molecule has 1 N–H and O–H groups in total. The van der Waals surface area contributed by atoms with Crippen molar-refractivity contribution in [3.05, 3.63) is 53.3 Å². The second-order valence-corrected chi connectivity index (χ2v) is 8.59. The number of nitrogens with zero attached hydrogens (tertiary/aromatic N) is 3. The van der Waals surface area contributed by atoms with Crippen LogP contribution < -0.4 is 0 Å². The van der Waals surface area contributed by atoms with E-state index in [1.807, 2.05) is 18.6 Å². The summed E-state index contributed by atoms with van der Waals surface area (Å²) < 4.78 is 0. The number of hydrogen-bond donors (Lipinski definition) is 1. The summed E-state index contributed by atoms with van der Waals surface area (Å²) >= 11 is 1.57. The maximum Gasteiger partial charge on any atom is 0.187 e. The third kappa shape index (κ3) is 3.40. The van der Waals surface area contributed by atoms with Crippen LogP contribution in [-0.2, 0) is 12.1 Å². The molecule has 138 valence electrons. The molecule has 0 spiro atoms. The van der Waals surface area contributed by atoms with Gasteiger partial charge in [0.2, 0.25) is 0 Å². The number of aromatic nitrogens is 2. The fourth-order valence-corrected chi connectivity index (χ4v) is 5.05. The lowest BCUT2D eigenvalue weighted by molar-refractivity contribution is -0.0648. The van der Waals surface area contributed by atoms with Crippen molar-refractivity contribution in [2.24, 2.45) is 11.8 Å². The normalized spacial score (nSPS) is 28.9. The van der Waals surface area contributed by atoms with E-state index in [0.717, 1.165) is 48.8 Å². The summed E-state index contributed by atoms with van der Waals surface area (Å²) in [6.45, 7) is 4.97. The Labute approximate surface area is 160 Å². The van der Waals surface area contributed by atoms with E-state index in [2.05, 4.69) is 46.1 Å². The van der Waals surface area contributed by atoms with Gasteiger partial charge in [0.05, 0.1) is 5.60 Å². The van der Waals surface area contributed by atoms with Gasteiger partial charge in [-0.05, 0) is 43.9 Å². The van der Waals surface area contributed by atoms with Crippen molar-refractivity contribution in [1.82, 2.24) is 14.9 Å². The number of thioether (sulfide) groups is 1. The highest BCUT2D eigenvalue weighted by Crippen LogP contribution is 2.48. The van der Waals surface area contributed by atoms with Gasteiger partial charge in [-0.2, -0.15) is 0 Å². The van der Waals surface area contributed by atoms with Gasteiger partial charge in [0, 0.05) is 43.5 Å². The van der Waals surface area contributed by atoms with Gasteiger partial charge in [0.1, 0.15) is 0 Å². The van der Waals surface area contributed by atoms with Gasteiger partial charge < -0.3 is 5.11 Å². The van der Waals surface area contributed by atoms with Gasteiger partial charge in [-0.1, -0.05) is 41.6 Å². The monoisotopic (exact) mass is 369 g/mol. The smallest absolute Gasteiger partial charge is 0.187 e. The number of aryl methyl sites for hydroxylation is 1. The first-order valence-corrected chi connectivity index (χ1v) is 10.7. The number of rotatable bonds is 4. The largest absolute Gasteiger partial charge is 0.385 e. The highest BCUT2D eigenvalue weighted by atomic mass is 32.2. The molecule has 1 saturated heterocycles. The fourth-order valence-electron chi connectivity index (χ4n) is 4.73. The van der Waals surface area contributed by atoms with Gasteiger partial charge >= 0.3 is 0 Å². The van der Waals surface area contributed by atoms with Gasteiger partial charge in [0.25, 0.3) is 0 Å². The maximum absolute atomic E-state index is 11.6. The summed E-state index contributed by atoms with van der Waals surface area (Å²) in [6, 6.07) is 8.48. The zero-order valence-corrected chi connectivity index (χ0v) is 16.4. The lowest BCUT2D eigenvalue weighted by atomic mass is 9.67. The molecule has 0 unspecified atom stereocenters. The van der Waals surface area contributed by atoms with E-state index in [-0.39, 0.29) is 0 Å². The van der Waals surface area contributed by atoms with Crippen LogP contribution in [0.3, 0.4) is 0 Å². The zero-order chi connectivity index (χ0) is 18.1. The summed E-state index contributed by atoms with van der Waals surface area (Å²) in [7, 11) is 0. The second kappa shape index (κ2) is 7.29. The van der Waals surface area contributed by atoms with E-state index in [9.17, 15) is 5.11 Å². The lowest BCUT2D eigenvalue weighted by Crippen LogP contribution is -2.42. The van der Waals surface area contributed by atoms with E-state index in [1.54, 1.807) is 11.8 Å². The van der Waals surface area contributed by atoms with Crippen molar-refractivity contribution in [3.63, 3.8) is 0 Å². The first kappa shape index (κ1) is 18.0. The quantitative estimate of drug-likeness (QED) is 0.659. The van der Waals surface area contributed by atoms with Crippen LogP contribution in [0.25, 0.3) is 0 Å². The predicted octanol–water partition coefficient (Wildman–Crippen LogP) is 3.63. The number of fused-ring (bicyclic) bond motifs is 1. The fraction of sp³-hybridized carbons (Fsp3) is 0.524. The van der Waals surface area contributed by atoms with Crippen molar-refractivity contribution in [2.75, 3.05) is 19.3 Å². The van der Waals surface area contributed by atoms with E-state index in [0.29, 0.717) is 11.8 Å². The minimum absolute atomic E-state index is 0.311. The number of hydrogen-bond acceptors (Lipinski definition) is 5. The Kier molecular flexibility index (Phi) is 5.04. The van der Waals surface area contributed by atoms with E-state index >= 15 is 0 Å². The minimum atomic E-state index is -0.690. The molecule has 2 aromatic rings. The average Bonchev–Trinajstić information content (AvgIpc) is 3.07. The first-order chi connectivity index (χ1) is 12.6. The van der Waals surface area contributed by atoms with Gasteiger partial charge in [-0.25, -0.2) is 9.97 Å². The molecule has 2 fully saturated rings. The van der Waals surface area contributed by atoms with Crippen LogP contribution in [0.15, 0.2) is 41.8 Å². The van der Waals surface area contributed by atoms with Crippen LogP contribution in [-0.4, -0.2) is 39.3 Å². The molecular formula is C21H27N3OS. The van der Waals surface area contributed by atoms with Crippen LogP contribution in [0.5, 0.6) is 0 Å². The number of benzene rings is 1. The molecule has 4 rings (SSSR count). The van der Waals surface area contributed by atoms with Crippen molar-refractivity contribution >= 4 is 11.8 Å². The summed E-state index contributed by atoms with van der Waals surface area (Å²) in [5.74, 6) is 0.881. The molecule has 4 nitrogen and oxygen atoms in total. The summed E-state index contributed by atoms with van der Waals surface area (Å²) in [6.07, 6.45) is 9.06. The Hall–Kier alpha value is -1.43. The number of aliphatic hydroxyl groups is 1. The van der Waals surface area contributed by atoms with Gasteiger partial charge in [-0.3, -0.25) is 4.90 Å². The van der Waals surface area contributed by atoms with Crippen LogP contribution in [0.2, 0.25) is 0 Å². The van der Waals surface area contributed by atoms with Crippen molar-refractivity contribution in [3.8, 4) is 0 Å². The second-order valence-electron chi connectivity index (χ2n) is 7.82. The molecule has 2 heterocycles. The van der Waals surface area contributed by atoms with Crippen LogP contribution in [0.1, 0.15) is 36.0 Å². The Morgan fingerprint density at radius 3 is 2.62 bits per heavy atom. The zero-order valence-electron chi connectivity index (χ0n) is 15.6. The third-order valence-electron chi connectivity index (χ3n) is 6.08. The van der Waals surface area contributed by atoms with Crippen molar-refractivity contribution in [1.29, 1.82) is 0 Å². The Bertz CT molecular complexity index is 749. The van der Waals surface area contributed by atoms with Crippen molar-refractivity contribution in [2.45, 2.75) is 43.5 Å². The molecule has 1 aliphatic heterocycles. The molecule has 0 bridgehead atoms. The van der Waals surface area contributed by atoms with Crippen LogP contribution in [0.4, 0.5) is 0 Å². The third-order valence-corrected chi connectivity index (χ3v) is 6.66. The van der Waals surface area contributed by atoms with E-state index < -0.39 is 5.60 Å². The topological polar surface area (TPSA) is 49.2 Å². The molecule has 1 saturated carbocycles. The Morgan fingerprint density at radius 2 is 1.92 bits per heavy atom. The molecule has 26 heavy (non-hydrogen) atoms. The summed E-state index contributed by atoms with van der Waals surface area (Å²) in [5.41, 5.74) is 2.80. The highest BCUT2D eigenvalue weighted by molar-refractivity contribution is 7.98. The molecular weight excluding hydrogens is 342 g/mol. The molecule has 2 aliphatic rings. The van der Waals surface area contributed by atoms with Gasteiger partial charge in [0.15, 0.2) is 5.16 Å². The number of likely N-dealkylation sites (tertiary alicyclic amines) is 1. The highest BCUT2D eigenvalue weighted by Gasteiger charge is 2.49. The lowest BCUT2D eigenvalue weighted by Gasteiger charge is -2.41. The van der Waals surface area contributed by atoms with Crippen LogP contribution in [0, 0.1) is 18.8 Å². The van der Waals surface area contributed by atoms with Crippen LogP contribution >= 0.6 is 11.8 Å². The Morgan fingerprint density at radius 1 is 1.19 bits per heavy atom. The predicted molar refractivity (Wildman–Crippen MR) is 105 cm³/mol. The summed E-state index contributed by atoms with van der Waals surface area (Å²) in [4.78, 5) is 11.2. The Balaban J connectivity index is 1.51. The molecule has 1 aromatic heterocycles. The minimum Gasteiger partial charge on any atom is -0.385 e. The summed E-state index contributed by atoms with van der Waals surface area (Å²) in [5, 5.41) is 12.4. The molecule has 0 amide bonds.